The summed E-state index contributed by atoms with van der Waals surface area (Å²) < 4.78 is 12.9. The number of benzene rings is 1. The topological polar surface area (TPSA) is 29.3 Å². The van der Waals surface area contributed by atoms with Gasteiger partial charge in [0.25, 0.3) is 0 Å². The van der Waals surface area contributed by atoms with Crippen LogP contribution in [-0.4, -0.2) is 24.5 Å². The van der Waals surface area contributed by atoms with E-state index in [9.17, 15) is 4.39 Å². The summed E-state index contributed by atoms with van der Waals surface area (Å²) in [7, 11) is 0. The van der Waals surface area contributed by atoms with Gasteiger partial charge in [-0.25, -0.2) is 4.39 Å². The van der Waals surface area contributed by atoms with Crippen LogP contribution in [0.2, 0.25) is 0 Å². The zero-order valence-corrected chi connectivity index (χ0v) is 12.5. The Morgan fingerprint density at radius 1 is 1.25 bits per heavy atom. The Balaban J connectivity index is 1.85. The first-order valence-electron chi connectivity index (χ1n) is 7.92. The van der Waals surface area contributed by atoms with Gasteiger partial charge in [0.2, 0.25) is 0 Å². The van der Waals surface area contributed by atoms with Gasteiger partial charge in [-0.15, -0.1) is 0 Å². The Kier molecular flexibility index (Phi) is 5.99. The molecule has 0 bridgehead atoms. The molecule has 1 saturated heterocycles. The molecule has 2 nitrogen and oxygen atoms in total. The fraction of sp³-hybridized carbons (Fsp3) is 0.647. The molecule has 1 aromatic carbocycles. The van der Waals surface area contributed by atoms with Crippen molar-refractivity contribution in [2.75, 3.05) is 19.6 Å². The van der Waals surface area contributed by atoms with Crippen LogP contribution >= 0.6 is 0 Å². The van der Waals surface area contributed by atoms with Gasteiger partial charge in [-0.05, 0) is 56.0 Å². The maximum Gasteiger partial charge on any atom is 0.123 e. The fourth-order valence-electron chi connectivity index (χ4n) is 3.20. The van der Waals surface area contributed by atoms with Crippen molar-refractivity contribution in [2.24, 2.45) is 11.7 Å². The second-order valence-corrected chi connectivity index (χ2v) is 6.04. The monoisotopic (exact) mass is 278 g/mol. The van der Waals surface area contributed by atoms with Gasteiger partial charge in [0.1, 0.15) is 5.82 Å². The highest BCUT2D eigenvalue weighted by Crippen LogP contribution is 2.23. The molecule has 2 N–H and O–H groups in total. The first kappa shape index (κ1) is 15.5. The highest BCUT2D eigenvalue weighted by Gasteiger charge is 2.18. The lowest BCUT2D eigenvalue weighted by Crippen LogP contribution is -2.33. The minimum absolute atomic E-state index is 0.0154. The maximum atomic E-state index is 12.9. The summed E-state index contributed by atoms with van der Waals surface area (Å²) in [6, 6.07) is 6.58. The number of nitrogens with zero attached hydrogens (tertiary/aromatic N) is 1. The number of likely N-dealkylation sites (tertiary alicyclic amines) is 1. The van der Waals surface area contributed by atoms with Crippen LogP contribution in [0.1, 0.15) is 50.6 Å². The third kappa shape index (κ3) is 4.57. The van der Waals surface area contributed by atoms with Gasteiger partial charge < -0.3 is 10.6 Å². The normalized spacial score (nSPS) is 22.4. The molecule has 2 rings (SSSR count). The highest BCUT2D eigenvalue weighted by molar-refractivity contribution is 5.19. The van der Waals surface area contributed by atoms with Crippen LogP contribution in [0.15, 0.2) is 24.3 Å². The van der Waals surface area contributed by atoms with Crippen molar-refractivity contribution in [2.45, 2.75) is 45.1 Å². The van der Waals surface area contributed by atoms with Crippen molar-refractivity contribution in [3.8, 4) is 0 Å². The van der Waals surface area contributed by atoms with E-state index in [1.807, 2.05) is 0 Å². The predicted octanol–water partition coefficient (Wildman–Crippen LogP) is 3.73. The Bertz CT molecular complexity index is 390. The Morgan fingerprint density at radius 2 is 2.00 bits per heavy atom. The van der Waals surface area contributed by atoms with Crippen molar-refractivity contribution in [3.05, 3.63) is 35.6 Å². The second-order valence-electron chi connectivity index (χ2n) is 6.04. The van der Waals surface area contributed by atoms with Crippen molar-refractivity contribution in [3.63, 3.8) is 0 Å². The van der Waals surface area contributed by atoms with Crippen molar-refractivity contribution in [1.82, 2.24) is 4.90 Å². The molecule has 1 aromatic rings. The van der Waals surface area contributed by atoms with E-state index in [1.165, 1.54) is 44.2 Å². The van der Waals surface area contributed by atoms with Gasteiger partial charge in [-0.3, -0.25) is 0 Å². The summed E-state index contributed by atoms with van der Waals surface area (Å²) in [5.41, 5.74) is 7.28. The summed E-state index contributed by atoms with van der Waals surface area (Å²) in [4.78, 5) is 2.48. The maximum absolute atomic E-state index is 12.9. The first-order chi connectivity index (χ1) is 9.69. The molecule has 1 aliphatic rings. The minimum Gasteiger partial charge on any atom is -0.323 e. The molecule has 0 radical (unpaired) electrons. The molecule has 112 valence electrons. The molecule has 2 unspecified atom stereocenters. The lowest BCUT2D eigenvalue weighted by Gasteiger charge is -2.24. The van der Waals surface area contributed by atoms with Gasteiger partial charge in [-0.2, -0.15) is 0 Å². The lowest BCUT2D eigenvalue weighted by atomic mass is 9.96. The summed E-state index contributed by atoms with van der Waals surface area (Å²) >= 11 is 0. The zero-order chi connectivity index (χ0) is 14.4. The van der Waals surface area contributed by atoms with Gasteiger partial charge in [0.15, 0.2) is 0 Å². The van der Waals surface area contributed by atoms with E-state index in [4.69, 9.17) is 5.73 Å². The van der Waals surface area contributed by atoms with Gasteiger partial charge >= 0.3 is 0 Å². The van der Waals surface area contributed by atoms with E-state index in [0.29, 0.717) is 0 Å². The molecule has 1 heterocycles. The first-order valence-corrected chi connectivity index (χ1v) is 7.92. The number of halogens is 1. The highest BCUT2D eigenvalue weighted by atomic mass is 19.1. The van der Waals surface area contributed by atoms with Crippen LogP contribution in [0.5, 0.6) is 0 Å². The lowest BCUT2D eigenvalue weighted by molar-refractivity contribution is 0.263. The van der Waals surface area contributed by atoms with E-state index in [-0.39, 0.29) is 11.9 Å². The second kappa shape index (κ2) is 7.75. The SMILES string of the molecule is CCCC1CCCN(CC(N)c2ccc(F)cc2)CC1. The van der Waals surface area contributed by atoms with E-state index >= 15 is 0 Å². The van der Waals surface area contributed by atoms with Crippen molar-refractivity contribution < 1.29 is 4.39 Å². The van der Waals surface area contributed by atoms with Crippen LogP contribution in [-0.2, 0) is 0 Å². The van der Waals surface area contributed by atoms with Crippen LogP contribution in [0, 0.1) is 11.7 Å². The number of hydrogen-bond acceptors (Lipinski definition) is 2. The van der Waals surface area contributed by atoms with E-state index in [1.54, 1.807) is 12.1 Å². The molecule has 1 fully saturated rings. The van der Waals surface area contributed by atoms with Crippen molar-refractivity contribution >= 4 is 0 Å². The van der Waals surface area contributed by atoms with E-state index in [2.05, 4.69) is 11.8 Å². The molecule has 3 heteroatoms. The Hall–Kier alpha value is -0.930. The number of nitrogens with two attached hydrogens (primary N) is 1. The average Bonchev–Trinajstić information content (AvgIpc) is 2.66. The van der Waals surface area contributed by atoms with Crippen LogP contribution in [0.4, 0.5) is 4.39 Å². The largest absolute Gasteiger partial charge is 0.323 e. The summed E-state index contributed by atoms with van der Waals surface area (Å²) in [6.07, 6.45) is 6.58. The van der Waals surface area contributed by atoms with Gasteiger partial charge in [-0.1, -0.05) is 31.9 Å². The van der Waals surface area contributed by atoms with Crippen LogP contribution < -0.4 is 5.73 Å². The molecular weight excluding hydrogens is 251 g/mol. The summed E-state index contributed by atoms with van der Waals surface area (Å²) in [5, 5.41) is 0. The van der Waals surface area contributed by atoms with Crippen molar-refractivity contribution in [1.29, 1.82) is 0 Å². The molecule has 20 heavy (non-hydrogen) atoms. The molecule has 0 saturated carbocycles. The quantitative estimate of drug-likeness (QED) is 0.889. The third-order valence-electron chi connectivity index (χ3n) is 4.39. The van der Waals surface area contributed by atoms with E-state index < -0.39 is 0 Å². The molecule has 1 aliphatic heterocycles. The summed E-state index contributed by atoms with van der Waals surface area (Å²) in [5.74, 6) is 0.699. The molecule has 2 atom stereocenters. The fourth-order valence-corrected chi connectivity index (χ4v) is 3.20. The Labute approximate surface area is 122 Å². The Morgan fingerprint density at radius 3 is 2.70 bits per heavy atom. The van der Waals surface area contributed by atoms with Gasteiger partial charge in [0, 0.05) is 12.6 Å². The molecular formula is C17H27FN2. The number of rotatable bonds is 5. The molecule has 0 amide bonds. The minimum atomic E-state index is -0.196. The van der Waals surface area contributed by atoms with Gasteiger partial charge in [0.05, 0.1) is 0 Å². The standard InChI is InChI=1S/C17H27FN2/c1-2-4-14-5-3-11-20(12-10-14)13-17(19)15-6-8-16(18)9-7-15/h6-9,14,17H,2-5,10-13,19H2,1H3. The third-order valence-corrected chi connectivity index (χ3v) is 4.39. The molecule has 0 aromatic heterocycles. The van der Waals surface area contributed by atoms with Crippen LogP contribution in [0.3, 0.4) is 0 Å². The average molecular weight is 278 g/mol. The smallest absolute Gasteiger partial charge is 0.123 e. The predicted molar refractivity (Wildman–Crippen MR) is 82.0 cm³/mol. The van der Waals surface area contributed by atoms with E-state index in [0.717, 1.165) is 31.1 Å². The number of hydrogen-bond donors (Lipinski definition) is 1. The summed E-state index contributed by atoms with van der Waals surface area (Å²) in [6.45, 7) is 5.45. The zero-order valence-electron chi connectivity index (χ0n) is 12.5. The molecule has 0 spiro atoms. The van der Waals surface area contributed by atoms with Crippen LogP contribution in [0.25, 0.3) is 0 Å². The molecule has 0 aliphatic carbocycles.